The van der Waals surface area contributed by atoms with Gasteiger partial charge in [0.25, 0.3) is 5.91 Å². The SMILES string of the molecule is CC(C)C1CCCN1C(=O)c1cc(N)cn1C1CC1. The number of carbonyl (C=O) groups is 1. The third-order valence-corrected chi connectivity index (χ3v) is 4.36. The number of carbonyl (C=O) groups excluding carboxylic acids is 1. The molecule has 1 aromatic rings. The minimum Gasteiger partial charge on any atom is -0.397 e. The van der Waals surface area contributed by atoms with Crippen LogP contribution >= 0.6 is 0 Å². The van der Waals surface area contributed by atoms with Gasteiger partial charge in [0.2, 0.25) is 0 Å². The lowest BCUT2D eigenvalue weighted by molar-refractivity contribution is 0.0690. The predicted octanol–water partition coefficient (Wildman–Crippen LogP) is 2.67. The van der Waals surface area contributed by atoms with E-state index in [9.17, 15) is 4.79 Å². The monoisotopic (exact) mass is 261 g/mol. The second-order valence-corrected chi connectivity index (χ2v) is 6.25. The molecule has 1 aliphatic carbocycles. The summed E-state index contributed by atoms with van der Waals surface area (Å²) in [6.07, 6.45) is 6.51. The first-order valence-electron chi connectivity index (χ1n) is 7.36. The van der Waals surface area contributed by atoms with Gasteiger partial charge in [-0.05, 0) is 37.7 Å². The van der Waals surface area contributed by atoms with Crippen molar-refractivity contribution in [3.8, 4) is 0 Å². The number of nitrogens with zero attached hydrogens (tertiary/aromatic N) is 2. The van der Waals surface area contributed by atoms with Crippen LogP contribution in [0.2, 0.25) is 0 Å². The van der Waals surface area contributed by atoms with Crippen LogP contribution in [-0.2, 0) is 0 Å². The largest absolute Gasteiger partial charge is 0.397 e. The summed E-state index contributed by atoms with van der Waals surface area (Å²) in [5.74, 6) is 0.688. The summed E-state index contributed by atoms with van der Waals surface area (Å²) in [4.78, 5) is 14.8. The summed E-state index contributed by atoms with van der Waals surface area (Å²) in [7, 11) is 0. The number of amides is 1. The summed E-state index contributed by atoms with van der Waals surface area (Å²) >= 11 is 0. The number of rotatable bonds is 3. The standard InChI is InChI=1S/C15H23N3O/c1-10(2)13-4-3-7-17(13)15(19)14-8-11(16)9-18(14)12-5-6-12/h8-10,12-13H,3-7,16H2,1-2H3. The first kappa shape index (κ1) is 12.6. The van der Waals surface area contributed by atoms with Crippen molar-refractivity contribution in [2.45, 2.75) is 51.6 Å². The smallest absolute Gasteiger partial charge is 0.270 e. The molecular formula is C15H23N3O. The van der Waals surface area contributed by atoms with Gasteiger partial charge >= 0.3 is 0 Å². The molecule has 1 aromatic heterocycles. The van der Waals surface area contributed by atoms with Crippen molar-refractivity contribution in [1.29, 1.82) is 0 Å². The number of hydrogen-bond acceptors (Lipinski definition) is 2. The Balaban J connectivity index is 1.87. The second kappa shape index (κ2) is 4.58. The van der Waals surface area contributed by atoms with Crippen LogP contribution < -0.4 is 5.73 Å². The van der Waals surface area contributed by atoms with Crippen LogP contribution in [0.25, 0.3) is 0 Å². The van der Waals surface area contributed by atoms with Gasteiger partial charge in [0.05, 0.1) is 5.69 Å². The topological polar surface area (TPSA) is 51.3 Å². The highest BCUT2D eigenvalue weighted by molar-refractivity contribution is 5.94. The summed E-state index contributed by atoms with van der Waals surface area (Å²) in [5, 5.41) is 0. The molecule has 4 heteroatoms. The lowest BCUT2D eigenvalue weighted by atomic mass is 10.0. The fourth-order valence-corrected chi connectivity index (χ4v) is 3.21. The molecule has 0 spiro atoms. The summed E-state index contributed by atoms with van der Waals surface area (Å²) in [6, 6.07) is 2.73. The average molecular weight is 261 g/mol. The van der Waals surface area contributed by atoms with Crippen molar-refractivity contribution in [3.05, 3.63) is 18.0 Å². The van der Waals surface area contributed by atoms with E-state index in [1.807, 2.05) is 12.3 Å². The van der Waals surface area contributed by atoms with Gasteiger partial charge in [-0.15, -0.1) is 0 Å². The Morgan fingerprint density at radius 1 is 1.37 bits per heavy atom. The Morgan fingerprint density at radius 2 is 2.11 bits per heavy atom. The van der Waals surface area contributed by atoms with Crippen LogP contribution in [0.15, 0.2) is 12.3 Å². The number of nitrogen functional groups attached to an aromatic ring is 1. The number of likely N-dealkylation sites (tertiary alicyclic amines) is 1. The minimum atomic E-state index is 0.166. The maximum Gasteiger partial charge on any atom is 0.270 e. The summed E-state index contributed by atoms with van der Waals surface area (Å²) in [6.45, 7) is 5.28. The maximum absolute atomic E-state index is 12.8. The Bertz CT molecular complexity index is 488. The molecule has 1 atom stereocenters. The van der Waals surface area contributed by atoms with Crippen molar-refractivity contribution < 1.29 is 4.79 Å². The van der Waals surface area contributed by atoms with Crippen LogP contribution in [0, 0.1) is 5.92 Å². The molecule has 1 amide bonds. The highest BCUT2D eigenvalue weighted by Gasteiger charge is 2.35. The van der Waals surface area contributed by atoms with Gasteiger partial charge in [-0.1, -0.05) is 13.8 Å². The zero-order valence-corrected chi connectivity index (χ0v) is 11.8. The molecule has 2 fully saturated rings. The van der Waals surface area contributed by atoms with Gasteiger partial charge in [-0.2, -0.15) is 0 Å². The van der Waals surface area contributed by atoms with Crippen LogP contribution in [0.4, 0.5) is 5.69 Å². The van der Waals surface area contributed by atoms with Gasteiger partial charge in [0.15, 0.2) is 0 Å². The number of hydrogen-bond donors (Lipinski definition) is 1. The molecule has 2 heterocycles. The predicted molar refractivity (Wildman–Crippen MR) is 76.0 cm³/mol. The highest BCUT2D eigenvalue weighted by atomic mass is 16.2. The lowest BCUT2D eigenvalue weighted by Gasteiger charge is -2.28. The Labute approximate surface area is 114 Å². The van der Waals surface area contributed by atoms with E-state index >= 15 is 0 Å². The van der Waals surface area contributed by atoms with Crippen molar-refractivity contribution in [1.82, 2.24) is 9.47 Å². The first-order valence-corrected chi connectivity index (χ1v) is 7.36. The maximum atomic E-state index is 12.8. The van der Waals surface area contributed by atoms with Crippen molar-refractivity contribution in [2.75, 3.05) is 12.3 Å². The molecule has 0 aromatic carbocycles. The quantitative estimate of drug-likeness (QED) is 0.909. The van der Waals surface area contributed by atoms with E-state index in [1.165, 1.54) is 12.8 Å². The van der Waals surface area contributed by atoms with E-state index in [1.54, 1.807) is 0 Å². The molecule has 19 heavy (non-hydrogen) atoms. The van der Waals surface area contributed by atoms with Crippen LogP contribution in [0.3, 0.4) is 0 Å². The Hall–Kier alpha value is -1.45. The molecule has 1 saturated heterocycles. The van der Waals surface area contributed by atoms with E-state index < -0.39 is 0 Å². The third kappa shape index (κ3) is 2.24. The normalized spacial score (nSPS) is 23.3. The molecule has 0 radical (unpaired) electrons. The van der Waals surface area contributed by atoms with Gasteiger partial charge < -0.3 is 15.2 Å². The highest BCUT2D eigenvalue weighted by Crippen LogP contribution is 2.38. The Morgan fingerprint density at radius 3 is 2.74 bits per heavy atom. The van der Waals surface area contributed by atoms with Crippen molar-refractivity contribution in [3.63, 3.8) is 0 Å². The molecule has 1 saturated carbocycles. The lowest BCUT2D eigenvalue weighted by Crippen LogP contribution is -2.39. The van der Waals surface area contributed by atoms with E-state index in [2.05, 4.69) is 23.3 Å². The van der Waals surface area contributed by atoms with Gasteiger partial charge in [0, 0.05) is 24.8 Å². The zero-order chi connectivity index (χ0) is 13.6. The van der Waals surface area contributed by atoms with Crippen molar-refractivity contribution >= 4 is 11.6 Å². The molecule has 0 bridgehead atoms. The molecule has 1 aliphatic heterocycles. The first-order chi connectivity index (χ1) is 9.08. The number of anilines is 1. The summed E-state index contributed by atoms with van der Waals surface area (Å²) < 4.78 is 2.09. The van der Waals surface area contributed by atoms with Crippen molar-refractivity contribution in [2.24, 2.45) is 5.92 Å². The van der Waals surface area contributed by atoms with Crippen LogP contribution in [0.5, 0.6) is 0 Å². The molecule has 1 unspecified atom stereocenters. The second-order valence-electron chi connectivity index (χ2n) is 6.25. The average Bonchev–Trinajstić information content (AvgIpc) is 2.95. The van der Waals surface area contributed by atoms with Crippen LogP contribution in [0.1, 0.15) is 56.1 Å². The number of aromatic nitrogens is 1. The molecule has 2 N–H and O–H groups in total. The fourth-order valence-electron chi connectivity index (χ4n) is 3.21. The van der Waals surface area contributed by atoms with E-state index in [4.69, 9.17) is 5.73 Å². The molecular weight excluding hydrogens is 238 g/mol. The molecule has 2 aliphatic rings. The number of nitrogens with two attached hydrogens (primary N) is 1. The molecule has 104 valence electrons. The fraction of sp³-hybridized carbons (Fsp3) is 0.667. The molecule has 4 nitrogen and oxygen atoms in total. The van der Waals surface area contributed by atoms with E-state index in [-0.39, 0.29) is 5.91 Å². The van der Waals surface area contributed by atoms with Gasteiger partial charge in [0.1, 0.15) is 5.69 Å². The van der Waals surface area contributed by atoms with Crippen LogP contribution in [-0.4, -0.2) is 28.0 Å². The molecule has 3 rings (SSSR count). The van der Waals surface area contributed by atoms with Gasteiger partial charge in [-0.25, -0.2) is 0 Å². The van der Waals surface area contributed by atoms with E-state index in [0.717, 1.165) is 25.1 Å². The summed E-state index contributed by atoms with van der Waals surface area (Å²) in [5.41, 5.74) is 7.37. The Kier molecular flexibility index (Phi) is 3.03. The van der Waals surface area contributed by atoms with E-state index in [0.29, 0.717) is 23.7 Å². The minimum absolute atomic E-state index is 0.166. The zero-order valence-electron chi connectivity index (χ0n) is 11.8. The third-order valence-electron chi connectivity index (χ3n) is 4.36. The van der Waals surface area contributed by atoms with Gasteiger partial charge in [-0.3, -0.25) is 4.79 Å².